The molecule has 8 heteroatoms. The molecule has 0 aliphatic carbocycles. The Morgan fingerprint density at radius 3 is 2.44 bits per heavy atom. The van der Waals surface area contributed by atoms with Gasteiger partial charge in [-0.2, -0.15) is 13.2 Å². The van der Waals surface area contributed by atoms with Crippen molar-refractivity contribution < 1.29 is 27.5 Å². The van der Waals surface area contributed by atoms with E-state index in [1.54, 1.807) is 30.3 Å². The van der Waals surface area contributed by atoms with Gasteiger partial charge in [-0.15, -0.1) is 0 Å². The fourth-order valence-electron chi connectivity index (χ4n) is 2.37. The topological polar surface area (TPSA) is 55.4 Å². The number of nitrogens with one attached hydrogen (secondary N) is 1. The molecule has 1 amide bonds. The molecule has 1 atom stereocenters. The third-order valence-electron chi connectivity index (χ3n) is 3.67. The number of halogens is 3. The molecule has 0 fully saturated rings. The van der Waals surface area contributed by atoms with Crippen LogP contribution >= 0.6 is 11.8 Å². The fourth-order valence-corrected chi connectivity index (χ4v) is 3.26. The van der Waals surface area contributed by atoms with Crippen molar-refractivity contribution in [2.45, 2.75) is 35.4 Å². The third-order valence-corrected chi connectivity index (χ3v) is 4.77. The molecule has 0 aliphatic rings. The summed E-state index contributed by atoms with van der Waals surface area (Å²) in [6.07, 6.45) is -3.86. The Balaban J connectivity index is 2.01. The van der Waals surface area contributed by atoms with E-state index < -0.39 is 18.1 Å². The maximum Gasteiger partial charge on any atom is 0.471 e. The van der Waals surface area contributed by atoms with Crippen LogP contribution in [0.1, 0.15) is 22.8 Å². The average molecular weight is 397 g/mol. The average Bonchev–Trinajstić information content (AvgIpc) is 2.62. The second kappa shape index (κ2) is 8.94. The number of amides is 1. The van der Waals surface area contributed by atoms with Gasteiger partial charge in [0.05, 0.1) is 7.11 Å². The number of rotatable bonds is 7. The number of alkyl halides is 3. The second-order valence-corrected chi connectivity index (χ2v) is 6.96. The van der Waals surface area contributed by atoms with E-state index in [2.05, 4.69) is 0 Å². The van der Waals surface area contributed by atoms with Crippen LogP contribution in [0, 0.1) is 0 Å². The smallest absolute Gasteiger partial charge is 0.471 e. The largest absolute Gasteiger partial charge is 0.497 e. The standard InChI is InChI=1S/C19H18F3NO3S/c1-12(23-18(25)19(20,21)22)9-13-3-6-16(7-4-13)27-17-8-5-15(26-2)10-14(17)11-24/h3-8,10-12H,9H2,1-2H3,(H,23,25)/t12-/m1/s1. The molecule has 0 unspecified atom stereocenters. The van der Waals surface area contributed by atoms with Crippen LogP contribution in [-0.4, -0.2) is 31.5 Å². The highest BCUT2D eigenvalue weighted by molar-refractivity contribution is 7.99. The first kappa shape index (κ1) is 20.8. The van der Waals surface area contributed by atoms with Crippen LogP contribution in [0.3, 0.4) is 0 Å². The van der Waals surface area contributed by atoms with Gasteiger partial charge in [-0.05, 0) is 49.2 Å². The zero-order chi connectivity index (χ0) is 20.0. The summed E-state index contributed by atoms with van der Waals surface area (Å²) in [4.78, 5) is 23.8. The number of ether oxygens (including phenoxy) is 1. The Kier molecular flexibility index (Phi) is 6.90. The minimum absolute atomic E-state index is 0.273. The lowest BCUT2D eigenvalue weighted by Crippen LogP contribution is -2.42. The second-order valence-electron chi connectivity index (χ2n) is 5.84. The molecule has 0 saturated heterocycles. The van der Waals surface area contributed by atoms with Gasteiger partial charge in [0.15, 0.2) is 6.29 Å². The first-order chi connectivity index (χ1) is 12.7. The molecular formula is C19H18F3NO3S. The molecule has 4 nitrogen and oxygen atoms in total. The van der Waals surface area contributed by atoms with Crippen molar-refractivity contribution in [1.82, 2.24) is 5.32 Å². The van der Waals surface area contributed by atoms with Crippen molar-refractivity contribution in [3.05, 3.63) is 53.6 Å². The van der Waals surface area contributed by atoms with E-state index in [1.165, 1.54) is 25.8 Å². The predicted octanol–water partition coefficient (Wildman–Crippen LogP) is 4.27. The van der Waals surface area contributed by atoms with Crippen molar-refractivity contribution in [2.75, 3.05) is 7.11 Å². The summed E-state index contributed by atoms with van der Waals surface area (Å²) >= 11 is 1.39. The number of benzene rings is 2. The van der Waals surface area contributed by atoms with Gasteiger partial charge < -0.3 is 10.1 Å². The van der Waals surface area contributed by atoms with Crippen molar-refractivity contribution in [3.63, 3.8) is 0 Å². The van der Waals surface area contributed by atoms with E-state index in [-0.39, 0.29) is 6.42 Å². The number of aldehydes is 1. The van der Waals surface area contributed by atoms with E-state index in [0.29, 0.717) is 11.3 Å². The van der Waals surface area contributed by atoms with Crippen molar-refractivity contribution in [2.24, 2.45) is 0 Å². The highest BCUT2D eigenvalue weighted by Gasteiger charge is 2.39. The molecule has 0 spiro atoms. The third kappa shape index (κ3) is 6.02. The lowest BCUT2D eigenvalue weighted by molar-refractivity contribution is -0.174. The van der Waals surface area contributed by atoms with Gasteiger partial charge in [-0.1, -0.05) is 23.9 Å². The van der Waals surface area contributed by atoms with Gasteiger partial charge in [0, 0.05) is 21.4 Å². The van der Waals surface area contributed by atoms with Gasteiger partial charge in [-0.25, -0.2) is 0 Å². The lowest BCUT2D eigenvalue weighted by Gasteiger charge is -2.15. The van der Waals surface area contributed by atoms with Crippen LogP contribution in [-0.2, 0) is 11.2 Å². The molecule has 0 aliphatic heterocycles. The fraction of sp³-hybridized carbons (Fsp3) is 0.263. The Morgan fingerprint density at radius 1 is 1.22 bits per heavy atom. The maximum absolute atomic E-state index is 12.3. The molecule has 0 radical (unpaired) electrons. The molecule has 2 aromatic rings. The van der Waals surface area contributed by atoms with Gasteiger partial charge in [0.1, 0.15) is 5.75 Å². The molecule has 2 aromatic carbocycles. The molecule has 0 aromatic heterocycles. The molecule has 27 heavy (non-hydrogen) atoms. The number of carbonyl (C=O) groups excluding carboxylic acids is 2. The predicted molar refractivity (Wildman–Crippen MR) is 96.3 cm³/mol. The van der Waals surface area contributed by atoms with Crippen molar-refractivity contribution >= 4 is 24.0 Å². The molecule has 2 rings (SSSR count). The van der Waals surface area contributed by atoms with Crippen LogP contribution in [0.5, 0.6) is 5.75 Å². The molecule has 144 valence electrons. The van der Waals surface area contributed by atoms with E-state index in [4.69, 9.17) is 4.74 Å². The van der Waals surface area contributed by atoms with Crippen molar-refractivity contribution in [3.8, 4) is 5.75 Å². The minimum Gasteiger partial charge on any atom is -0.497 e. The van der Waals surface area contributed by atoms with E-state index >= 15 is 0 Å². The zero-order valence-electron chi connectivity index (χ0n) is 14.7. The minimum atomic E-state index is -4.89. The van der Waals surface area contributed by atoms with Crippen LogP contribution in [0.15, 0.2) is 52.3 Å². The summed E-state index contributed by atoms with van der Waals surface area (Å²) < 4.78 is 41.9. The van der Waals surface area contributed by atoms with Gasteiger partial charge in [0.25, 0.3) is 0 Å². The van der Waals surface area contributed by atoms with Crippen LogP contribution < -0.4 is 10.1 Å². The summed E-state index contributed by atoms with van der Waals surface area (Å²) in [7, 11) is 1.52. The summed E-state index contributed by atoms with van der Waals surface area (Å²) in [5, 5.41) is 1.93. The van der Waals surface area contributed by atoms with E-state index in [0.717, 1.165) is 21.6 Å². The molecule has 0 bridgehead atoms. The van der Waals surface area contributed by atoms with Crippen LogP contribution in [0.25, 0.3) is 0 Å². The summed E-state index contributed by atoms with van der Waals surface area (Å²) in [6.45, 7) is 1.51. The number of hydrogen-bond donors (Lipinski definition) is 1. The monoisotopic (exact) mass is 397 g/mol. The SMILES string of the molecule is COc1ccc(Sc2ccc(C[C@@H](C)NC(=O)C(F)(F)F)cc2)c(C=O)c1. The summed E-state index contributed by atoms with van der Waals surface area (Å²) in [6, 6.07) is 11.7. The molecular weight excluding hydrogens is 379 g/mol. The first-order valence-electron chi connectivity index (χ1n) is 8.00. The molecule has 1 N–H and O–H groups in total. The summed E-state index contributed by atoms with van der Waals surface area (Å²) in [5.41, 5.74) is 1.30. The number of hydrogen-bond acceptors (Lipinski definition) is 4. The lowest BCUT2D eigenvalue weighted by atomic mass is 10.1. The Labute approximate surface area is 159 Å². The Bertz CT molecular complexity index is 807. The maximum atomic E-state index is 12.3. The highest BCUT2D eigenvalue weighted by Crippen LogP contribution is 2.32. The Hall–Kier alpha value is -2.48. The van der Waals surface area contributed by atoms with Crippen molar-refractivity contribution in [1.29, 1.82) is 0 Å². The van der Waals surface area contributed by atoms with E-state index in [9.17, 15) is 22.8 Å². The van der Waals surface area contributed by atoms with Gasteiger partial charge >= 0.3 is 12.1 Å². The number of methoxy groups -OCH3 is 1. The Morgan fingerprint density at radius 2 is 1.89 bits per heavy atom. The normalized spacial score (nSPS) is 12.3. The van der Waals surface area contributed by atoms with Gasteiger partial charge in [0.2, 0.25) is 0 Å². The summed E-state index contributed by atoms with van der Waals surface area (Å²) in [5.74, 6) is -1.35. The van der Waals surface area contributed by atoms with Gasteiger partial charge in [-0.3, -0.25) is 9.59 Å². The zero-order valence-corrected chi connectivity index (χ0v) is 15.5. The van der Waals surface area contributed by atoms with Crippen LogP contribution in [0.2, 0.25) is 0 Å². The first-order valence-corrected chi connectivity index (χ1v) is 8.82. The number of carbonyl (C=O) groups is 2. The highest BCUT2D eigenvalue weighted by atomic mass is 32.2. The molecule has 0 saturated carbocycles. The van der Waals surface area contributed by atoms with Crippen LogP contribution in [0.4, 0.5) is 13.2 Å². The quantitative estimate of drug-likeness (QED) is 0.709. The molecule has 0 heterocycles. The van der Waals surface area contributed by atoms with E-state index in [1.807, 2.05) is 17.4 Å².